The number of carbonyl (C=O) groups excluding carboxylic acids is 2. The fraction of sp³-hybridized carbons (Fsp3) is 0.385. The average molecular weight is 265 g/mol. The summed E-state index contributed by atoms with van der Waals surface area (Å²) < 4.78 is 5.11. The zero-order chi connectivity index (χ0) is 13.1. The second-order valence-electron chi connectivity index (χ2n) is 4.30. The Labute approximate surface area is 110 Å². The third-order valence-electron chi connectivity index (χ3n) is 2.58. The van der Waals surface area contributed by atoms with E-state index in [0.717, 1.165) is 17.0 Å². The summed E-state index contributed by atoms with van der Waals surface area (Å²) in [5.41, 5.74) is 0.759. The summed E-state index contributed by atoms with van der Waals surface area (Å²) in [4.78, 5) is 23.4. The van der Waals surface area contributed by atoms with Crippen molar-refractivity contribution in [2.24, 2.45) is 0 Å². The molecule has 2 rings (SSSR count). The molecule has 1 aliphatic heterocycles. The topological polar surface area (TPSA) is 55.4 Å². The molecule has 5 heteroatoms. The molecule has 96 valence electrons. The van der Waals surface area contributed by atoms with E-state index in [1.54, 1.807) is 0 Å². The van der Waals surface area contributed by atoms with Gasteiger partial charge in [-0.1, -0.05) is 0 Å². The molecule has 0 radical (unpaired) electrons. The molecule has 0 saturated carbocycles. The first kappa shape index (κ1) is 13.0. The van der Waals surface area contributed by atoms with Crippen molar-refractivity contribution in [1.29, 1.82) is 0 Å². The summed E-state index contributed by atoms with van der Waals surface area (Å²) in [7, 11) is 0. The highest BCUT2D eigenvalue weighted by atomic mass is 32.2. The molecule has 2 atom stereocenters. The maximum Gasteiger partial charge on any atom is 0.319 e. The Bertz CT molecular complexity index is 458. The Morgan fingerprint density at radius 1 is 1.39 bits per heavy atom. The lowest BCUT2D eigenvalue weighted by atomic mass is 10.3. The van der Waals surface area contributed by atoms with Crippen molar-refractivity contribution in [2.45, 2.75) is 36.5 Å². The summed E-state index contributed by atoms with van der Waals surface area (Å²) in [6.07, 6.45) is 0.755. The largest absolute Gasteiger partial charge is 0.462 e. The number of nitrogens with one attached hydrogen (secondary N) is 1. The van der Waals surface area contributed by atoms with Gasteiger partial charge in [0.25, 0.3) is 0 Å². The molecule has 0 aromatic heterocycles. The predicted molar refractivity (Wildman–Crippen MR) is 70.6 cm³/mol. The normalized spacial score (nSPS) is 22.7. The first-order valence-corrected chi connectivity index (χ1v) is 6.67. The van der Waals surface area contributed by atoms with Crippen LogP contribution in [0.4, 0.5) is 5.69 Å². The second-order valence-corrected chi connectivity index (χ2v) is 5.57. The summed E-state index contributed by atoms with van der Waals surface area (Å²) in [6, 6.07) is 7.44. The van der Waals surface area contributed by atoms with Crippen molar-refractivity contribution < 1.29 is 14.3 Å². The van der Waals surface area contributed by atoms with Crippen LogP contribution in [0, 0.1) is 0 Å². The van der Waals surface area contributed by atoms with Crippen LogP contribution < -0.4 is 5.32 Å². The monoisotopic (exact) mass is 265 g/mol. The molecular formula is C13H15NO3S. The molecule has 1 N–H and O–H groups in total. The van der Waals surface area contributed by atoms with E-state index in [0.29, 0.717) is 0 Å². The quantitative estimate of drug-likeness (QED) is 0.853. The summed E-state index contributed by atoms with van der Waals surface area (Å²) >= 11 is 1.50. The fourth-order valence-corrected chi connectivity index (χ4v) is 2.94. The van der Waals surface area contributed by atoms with Crippen molar-refractivity contribution >= 4 is 29.3 Å². The van der Waals surface area contributed by atoms with E-state index in [1.807, 2.05) is 31.2 Å². The molecule has 4 nitrogen and oxygen atoms in total. The van der Waals surface area contributed by atoms with Gasteiger partial charge in [0.1, 0.15) is 11.4 Å². The molecular weight excluding hydrogens is 250 g/mol. The number of benzene rings is 1. The van der Waals surface area contributed by atoms with E-state index in [-0.39, 0.29) is 23.2 Å². The van der Waals surface area contributed by atoms with Gasteiger partial charge in [0.2, 0.25) is 5.91 Å². The van der Waals surface area contributed by atoms with E-state index in [9.17, 15) is 9.59 Å². The lowest BCUT2D eigenvalue weighted by Crippen LogP contribution is -2.09. The van der Waals surface area contributed by atoms with E-state index >= 15 is 0 Å². The van der Waals surface area contributed by atoms with Crippen LogP contribution in [0.3, 0.4) is 0 Å². The first-order chi connectivity index (χ1) is 8.54. The zero-order valence-electron chi connectivity index (χ0n) is 10.3. The molecule has 0 unspecified atom stereocenters. The van der Waals surface area contributed by atoms with E-state index in [1.165, 1.54) is 18.7 Å². The minimum atomic E-state index is -0.140. The zero-order valence-corrected chi connectivity index (χ0v) is 11.1. The van der Waals surface area contributed by atoms with Crippen LogP contribution in [-0.4, -0.2) is 23.2 Å². The molecule has 18 heavy (non-hydrogen) atoms. The molecule has 1 aromatic rings. The smallest absolute Gasteiger partial charge is 0.319 e. The van der Waals surface area contributed by atoms with Crippen LogP contribution in [0.5, 0.6) is 0 Å². The third kappa shape index (κ3) is 3.26. The number of cyclic esters (lactones) is 1. The van der Waals surface area contributed by atoms with Gasteiger partial charge < -0.3 is 10.1 Å². The van der Waals surface area contributed by atoms with Gasteiger partial charge >= 0.3 is 5.97 Å². The molecule has 1 fully saturated rings. The lowest BCUT2D eigenvalue weighted by Gasteiger charge is -2.07. The van der Waals surface area contributed by atoms with E-state index in [2.05, 4.69) is 5.32 Å². The maximum atomic E-state index is 11.5. The van der Waals surface area contributed by atoms with Gasteiger partial charge in [0.05, 0.1) is 0 Å². The predicted octanol–water partition coefficient (Wildman–Crippen LogP) is 2.44. The molecule has 0 bridgehead atoms. The van der Waals surface area contributed by atoms with Crippen LogP contribution in [0.2, 0.25) is 0 Å². The number of ether oxygens (including phenoxy) is 1. The van der Waals surface area contributed by atoms with E-state index in [4.69, 9.17) is 4.74 Å². The van der Waals surface area contributed by atoms with Crippen LogP contribution in [-0.2, 0) is 14.3 Å². The molecule has 1 saturated heterocycles. The summed E-state index contributed by atoms with van der Waals surface area (Å²) in [5.74, 6) is -0.234. The number of hydrogen-bond donors (Lipinski definition) is 1. The van der Waals surface area contributed by atoms with Crippen LogP contribution in [0.25, 0.3) is 0 Å². The van der Waals surface area contributed by atoms with Crippen molar-refractivity contribution in [1.82, 2.24) is 0 Å². The van der Waals surface area contributed by atoms with Crippen molar-refractivity contribution in [2.75, 3.05) is 5.32 Å². The molecule has 1 aromatic carbocycles. The molecule has 0 spiro atoms. The minimum Gasteiger partial charge on any atom is -0.462 e. The Kier molecular flexibility index (Phi) is 3.91. The molecule has 1 amide bonds. The van der Waals surface area contributed by atoms with Crippen molar-refractivity contribution in [3.8, 4) is 0 Å². The minimum absolute atomic E-state index is 0.00801. The van der Waals surface area contributed by atoms with Crippen LogP contribution >= 0.6 is 11.8 Å². The number of anilines is 1. The molecule has 0 aliphatic carbocycles. The van der Waals surface area contributed by atoms with Gasteiger partial charge in [0.15, 0.2) is 0 Å². The molecule has 1 aliphatic rings. The standard InChI is InChI=1S/C13H15NO3S/c1-8-7-12(13(16)17-8)18-11-5-3-10(4-6-11)14-9(2)15/h3-6,8,12H,7H2,1-2H3,(H,14,15)/t8-,12+/m1/s1. The Hall–Kier alpha value is -1.49. The molecule has 1 heterocycles. The fourth-order valence-electron chi connectivity index (χ4n) is 1.80. The second kappa shape index (κ2) is 5.44. The highest BCUT2D eigenvalue weighted by Gasteiger charge is 2.32. The van der Waals surface area contributed by atoms with Gasteiger partial charge in [-0.25, -0.2) is 0 Å². The Morgan fingerprint density at radius 2 is 2.06 bits per heavy atom. The number of amides is 1. The van der Waals surface area contributed by atoms with Gasteiger partial charge in [-0.3, -0.25) is 9.59 Å². The van der Waals surface area contributed by atoms with Crippen molar-refractivity contribution in [3.05, 3.63) is 24.3 Å². The maximum absolute atomic E-state index is 11.5. The Morgan fingerprint density at radius 3 is 2.56 bits per heavy atom. The first-order valence-electron chi connectivity index (χ1n) is 5.79. The summed E-state index contributed by atoms with van der Waals surface area (Å²) in [5, 5.41) is 2.58. The van der Waals surface area contributed by atoms with Crippen LogP contribution in [0.15, 0.2) is 29.2 Å². The van der Waals surface area contributed by atoms with Crippen molar-refractivity contribution in [3.63, 3.8) is 0 Å². The highest BCUT2D eigenvalue weighted by molar-refractivity contribution is 8.00. The number of rotatable bonds is 3. The lowest BCUT2D eigenvalue weighted by molar-refractivity contribution is -0.140. The van der Waals surface area contributed by atoms with Gasteiger partial charge in [0, 0.05) is 23.9 Å². The highest BCUT2D eigenvalue weighted by Crippen LogP contribution is 2.32. The third-order valence-corrected chi connectivity index (χ3v) is 3.79. The number of thioether (sulfide) groups is 1. The average Bonchev–Trinajstić information content (AvgIpc) is 2.59. The number of hydrogen-bond acceptors (Lipinski definition) is 4. The van der Waals surface area contributed by atoms with Crippen LogP contribution in [0.1, 0.15) is 20.3 Å². The van der Waals surface area contributed by atoms with E-state index < -0.39 is 0 Å². The van der Waals surface area contributed by atoms with Gasteiger partial charge in [-0.15, -0.1) is 11.8 Å². The number of carbonyl (C=O) groups is 2. The summed E-state index contributed by atoms with van der Waals surface area (Å²) in [6.45, 7) is 3.37. The number of esters is 1. The SMILES string of the molecule is CC(=O)Nc1ccc(S[C@H]2C[C@@H](C)OC2=O)cc1. The van der Waals surface area contributed by atoms with Gasteiger partial charge in [-0.2, -0.15) is 0 Å². The van der Waals surface area contributed by atoms with Gasteiger partial charge in [-0.05, 0) is 31.2 Å². The Balaban J connectivity index is 1.98.